The van der Waals surface area contributed by atoms with Crippen LogP contribution < -0.4 is 0 Å². The van der Waals surface area contributed by atoms with E-state index >= 15 is 0 Å². The van der Waals surface area contributed by atoms with Gasteiger partial charge in [0, 0.05) is 39.0 Å². The smallest absolute Gasteiger partial charge is 0.165 e. The van der Waals surface area contributed by atoms with Crippen molar-refractivity contribution in [3.63, 3.8) is 0 Å². The third kappa shape index (κ3) is 4.25. The molecule has 0 bridgehead atoms. The Labute approximate surface area is 259 Å². The number of rotatable bonds is 4. The highest BCUT2D eigenvalue weighted by Gasteiger charge is 2.16. The van der Waals surface area contributed by atoms with Crippen LogP contribution in [0.2, 0.25) is 0 Å². The van der Waals surface area contributed by atoms with Gasteiger partial charge in [0.2, 0.25) is 0 Å². The quantitative estimate of drug-likeness (QED) is 0.210. The minimum absolute atomic E-state index is 0.720. The van der Waals surface area contributed by atoms with Crippen molar-refractivity contribution in [1.29, 1.82) is 0 Å². The molecule has 0 amide bonds. The van der Waals surface area contributed by atoms with Crippen molar-refractivity contribution in [2.24, 2.45) is 0 Å². The molecular weight excluding hydrogens is 550 g/mol. The lowest BCUT2D eigenvalue weighted by Crippen LogP contribution is -1.95. The number of pyridine rings is 2. The van der Waals surface area contributed by atoms with Crippen LogP contribution in [0.4, 0.5) is 0 Å². The summed E-state index contributed by atoms with van der Waals surface area (Å²) in [6, 6.07) is 50.1. The molecule has 5 nitrogen and oxygen atoms in total. The summed E-state index contributed by atoms with van der Waals surface area (Å²) in [5.41, 5.74) is 10.8. The van der Waals surface area contributed by atoms with Crippen molar-refractivity contribution >= 4 is 38.5 Å². The second kappa shape index (κ2) is 10.2. The van der Waals surface area contributed by atoms with Crippen molar-refractivity contribution in [3.8, 4) is 45.0 Å². The number of hydrogen-bond donors (Lipinski definition) is 0. The van der Waals surface area contributed by atoms with Gasteiger partial charge < -0.3 is 0 Å². The Morgan fingerprint density at radius 3 is 1.78 bits per heavy atom. The van der Waals surface area contributed by atoms with Crippen molar-refractivity contribution in [3.05, 3.63) is 152 Å². The Bertz CT molecular complexity index is 2550. The van der Waals surface area contributed by atoms with Gasteiger partial charge in [0.15, 0.2) is 11.5 Å². The summed E-state index contributed by atoms with van der Waals surface area (Å²) in [5, 5.41) is 3.21. The fourth-order valence-corrected chi connectivity index (χ4v) is 6.26. The van der Waals surface area contributed by atoms with Crippen LogP contribution in [0.3, 0.4) is 0 Å². The third-order valence-corrected chi connectivity index (χ3v) is 8.40. The lowest BCUT2D eigenvalue weighted by Gasteiger charge is -2.12. The first-order chi connectivity index (χ1) is 22.3. The topological polar surface area (TPSA) is 56.0 Å². The molecule has 0 aliphatic rings. The Morgan fingerprint density at radius 2 is 1.00 bits per heavy atom. The average Bonchev–Trinajstić information content (AvgIpc) is 3.50. The van der Waals surface area contributed by atoms with Gasteiger partial charge in [-0.25, -0.2) is 19.9 Å². The van der Waals surface area contributed by atoms with Gasteiger partial charge in [0.1, 0.15) is 11.2 Å². The molecule has 0 N–H and O–H groups in total. The van der Waals surface area contributed by atoms with Gasteiger partial charge >= 0.3 is 0 Å². The van der Waals surface area contributed by atoms with E-state index in [1.807, 2.05) is 54.7 Å². The summed E-state index contributed by atoms with van der Waals surface area (Å²) in [6.45, 7) is 0. The number of hydrogen-bond acceptors (Lipinski definition) is 4. The molecule has 4 heterocycles. The number of aromatic nitrogens is 5. The van der Waals surface area contributed by atoms with Crippen molar-refractivity contribution in [1.82, 2.24) is 24.3 Å². The fraction of sp³-hybridized carbons (Fsp3) is 0. The SMILES string of the molecule is c1ccc(-c2nc(-c3cccc(-c4cccc(-c5nc6c(nc7ccccn76)c6ccccc56)c4)c3)c3ccccc3n2)cc1. The van der Waals surface area contributed by atoms with E-state index in [4.69, 9.17) is 19.9 Å². The second-order valence-electron chi connectivity index (χ2n) is 11.2. The van der Waals surface area contributed by atoms with E-state index in [0.29, 0.717) is 0 Å². The highest BCUT2D eigenvalue weighted by molar-refractivity contribution is 6.09. The molecule has 9 rings (SSSR count). The normalized spacial score (nSPS) is 11.6. The van der Waals surface area contributed by atoms with Crippen LogP contribution in [-0.2, 0) is 0 Å². The van der Waals surface area contributed by atoms with E-state index in [1.165, 1.54) is 0 Å². The van der Waals surface area contributed by atoms with Crippen LogP contribution in [0.15, 0.2) is 152 Å². The Hall–Kier alpha value is -6.20. The van der Waals surface area contributed by atoms with Gasteiger partial charge in [-0.1, -0.05) is 115 Å². The number of para-hydroxylation sites is 1. The van der Waals surface area contributed by atoms with E-state index in [0.717, 1.165) is 83.5 Å². The zero-order chi connectivity index (χ0) is 29.7. The van der Waals surface area contributed by atoms with Gasteiger partial charge in [-0.3, -0.25) is 4.40 Å². The first kappa shape index (κ1) is 25.3. The first-order valence-electron chi connectivity index (χ1n) is 15.0. The standard InChI is InChI=1S/C40H25N5/c1-2-12-26(13-3-1)39-41-34-21-7-6-20-33(34)37(43-39)30-17-11-15-28(25-30)27-14-10-16-29(24-27)36-31-18-4-5-19-32(31)38-40(44-36)45-23-9-8-22-35(45)42-38/h1-25H. The molecule has 0 fully saturated rings. The van der Waals surface area contributed by atoms with Crippen LogP contribution in [-0.4, -0.2) is 24.3 Å². The summed E-state index contributed by atoms with van der Waals surface area (Å²) in [5.74, 6) is 0.720. The van der Waals surface area contributed by atoms with Gasteiger partial charge in [0.05, 0.1) is 16.9 Å². The predicted molar refractivity (Wildman–Crippen MR) is 183 cm³/mol. The average molecular weight is 576 g/mol. The molecule has 45 heavy (non-hydrogen) atoms. The molecule has 0 aliphatic carbocycles. The molecule has 0 radical (unpaired) electrons. The number of fused-ring (bicyclic) bond motifs is 6. The van der Waals surface area contributed by atoms with Gasteiger partial charge in [0.25, 0.3) is 0 Å². The summed E-state index contributed by atoms with van der Waals surface area (Å²) in [7, 11) is 0. The van der Waals surface area contributed by atoms with E-state index in [9.17, 15) is 0 Å². The van der Waals surface area contributed by atoms with Gasteiger partial charge in [-0.15, -0.1) is 0 Å². The van der Waals surface area contributed by atoms with Crippen molar-refractivity contribution < 1.29 is 0 Å². The van der Waals surface area contributed by atoms with E-state index in [-0.39, 0.29) is 0 Å². The van der Waals surface area contributed by atoms with Gasteiger partial charge in [-0.2, -0.15) is 0 Å². The minimum Gasteiger partial charge on any atom is -0.284 e. The Balaban J connectivity index is 1.20. The zero-order valence-corrected chi connectivity index (χ0v) is 24.2. The molecule has 210 valence electrons. The summed E-state index contributed by atoms with van der Waals surface area (Å²) < 4.78 is 2.06. The predicted octanol–water partition coefficient (Wildman–Crippen LogP) is 9.65. The zero-order valence-electron chi connectivity index (χ0n) is 24.2. The van der Waals surface area contributed by atoms with Crippen LogP contribution >= 0.6 is 0 Å². The van der Waals surface area contributed by atoms with Crippen LogP contribution in [0, 0.1) is 0 Å². The number of benzene rings is 5. The molecule has 0 atom stereocenters. The summed E-state index contributed by atoms with van der Waals surface area (Å²) in [6.07, 6.45) is 2.03. The first-order valence-corrected chi connectivity index (χ1v) is 15.0. The van der Waals surface area contributed by atoms with E-state index < -0.39 is 0 Å². The maximum atomic E-state index is 5.22. The molecule has 0 spiro atoms. The van der Waals surface area contributed by atoms with Crippen LogP contribution in [0.1, 0.15) is 0 Å². The molecule has 4 aromatic heterocycles. The third-order valence-electron chi connectivity index (χ3n) is 8.40. The van der Waals surface area contributed by atoms with Crippen molar-refractivity contribution in [2.45, 2.75) is 0 Å². The lowest BCUT2D eigenvalue weighted by molar-refractivity contribution is 1.19. The van der Waals surface area contributed by atoms with E-state index in [1.54, 1.807) is 0 Å². The van der Waals surface area contributed by atoms with Gasteiger partial charge in [-0.05, 0) is 41.5 Å². The molecule has 9 aromatic rings. The second-order valence-corrected chi connectivity index (χ2v) is 11.2. The minimum atomic E-state index is 0.720. The Kier molecular flexibility index (Phi) is 5.74. The molecular formula is C40H25N5. The largest absolute Gasteiger partial charge is 0.284 e. The number of nitrogens with zero attached hydrogens (tertiary/aromatic N) is 5. The molecule has 5 aromatic carbocycles. The van der Waals surface area contributed by atoms with E-state index in [2.05, 4.69) is 101 Å². The van der Waals surface area contributed by atoms with Crippen LogP contribution in [0.5, 0.6) is 0 Å². The van der Waals surface area contributed by atoms with Crippen LogP contribution in [0.25, 0.3) is 83.5 Å². The highest BCUT2D eigenvalue weighted by atomic mass is 15.1. The molecule has 0 unspecified atom stereocenters. The maximum absolute atomic E-state index is 5.22. The number of imidazole rings is 1. The Morgan fingerprint density at radius 1 is 0.400 bits per heavy atom. The summed E-state index contributed by atoms with van der Waals surface area (Å²) in [4.78, 5) is 20.1. The monoisotopic (exact) mass is 575 g/mol. The fourth-order valence-electron chi connectivity index (χ4n) is 6.26. The molecule has 5 heteroatoms. The molecule has 0 aliphatic heterocycles. The molecule has 0 saturated carbocycles. The summed E-state index contributed by atoms with van der Waals surface area (Å²) >= 11 is 0. The maximum Gasteiger partial charge on any atom is 0.165 e. The molecule has 0 saturated heterocycles. The lowest BCUT2D eigenvalue weighted by atomic mass is 9.96. The highest BCUT2D eigenvalue weighted by Crippen LogP contribution is 2.36. The van der Waals surface area contributed by atoms with Crippen molar-refractivity contribution in [2.75, 3.05) is 0 Å².